The molecule has 2 fully saturated rings. The highest BCUT2D eigenvalue weighted by Gasteiger charge is 2.29. The van der Waals surface area contributed by atoms with Crippen LogP contribution in [0.5, 0.6) is 0 Å². The Morgan fingerprint density at radius 1 is 1.23 bits per heavy atom. The minimum atomic E-state index is 0.386. The van der Waals surface area contributed by atoms with Crippen molar-refractivity contribution in [3.8, 4) is 0 Å². The number of guanidine groups is 1. The van der Waals surface area contributed by atoms with Gasteiger partial charge in [-0.25, -0.2) is 0 Å². The maximum Gasteiger partial charge on any atom is 0.191 e. The summed E-state index contributed by atoms with van der Waals surface area (Å²) in [6.07, 6.45) is 6.82. The van der Waals surface area contributed by atoms with Gasteiger partial charge in [-0.05, 0) is 57.4 Å². The lowest BCUT2D eigenvalue weighted by molar-refractivity contribution is 0.201. The van der Waals surface area contributed by atoms with E-state index in [1.54, 1.807) is 0 Å². The first-order valence-corrected chi connectivity index (χ1v) is 9.91. The van der Waals surface area contributed by atoms with Crippen LogP contribution in [-0.2, 0) is 0 Å². The second-order valence-corrected chi connectivity index (χ2v) is 8.86. The summed E-state index contributed by atoms with van der Waals surface area (Å²) < 4.78 is 0.386. The van der Waals surface area contributed by atoms with Crippen LogP contribution in [0.2, 0.25) is 0 Å². The first kappa shape index (κ1) is 17.9. The van der Waals surface area contributed by atoms with E-state index in [1.807, 2.05) is 7.05 Å². The Balaban J connectivity index is 1.64. The van der Waals surface area contributed by atoms with Gasteiger partial charge in [-0.15, -0.1) is 0 Å². The summed E-state index contributed by atoms with van der Waals surface area (Å²) in [5.41, 5.74) is 0. The molecule has 2 aliphatic heterocycles. The Hall–Kier alpha value is -0.420. The average molecular weight is 327 g/mol. The van der Waals surface area contributed by atoms with Crippen LogP contribution in [0.3, 0.4) is 0 Å². The van der Waals surface area contributed by atoms with Crippen molar-refractivity contribution in [2.45, 2.75) is 50.7 Å². The van der Waals surface area contributed by atoms with Crippen LogP contribution in [0.15, 0.2) is 4.99 Å². The van der Waals surface area contributed by atoms with Crippen molar-refractivity contribution < 1.29 is 0 Å². The van der Waals surface area contributed by atoms with Crippen LogP contribution in [0.4, 0.5) is 0 Å². The first-order valence-electron chi connectivity index (χ1n) is 8.92. The number of nitrogens with one attached hydrogen (secondary N) is 2. The lowest BCUT2D eigenvalue weighted by atomic mass is 10.1. The van der Waals surface area contributed by atoms with Crippen LogP contribution in [0.1, 0.15) is 46.0 Å². The van der Waals surface area contributed by atoms with Gasteiger partial charge in [0.25, 0.3) is 0 Å². The highest BCUT2D eigenvalue weighted by atomic mass is 32.2. The third-order valence-corrected chi connectivity index (χ3v) is 6.33. The minimum absolute atomic E-state index is 0.386. The van der Waals surface area contributed by atoms with Gasteiger partial charge < -0.3 is 15.5 Å². The van der Waals surface area contributed by atoms with E-state index in [0.717, 1.165) is 19.0 Å². The molecular formula is C17H34N4S. The molecule has 2 rings (SSSR count). The number of likely N-dealkylation sites (tertiary alicyclic amines) is 1. The Labute approximate surface area is 140 Å². The lowest BCUT2D eigenvalue weighted by Crippen LogP contribution is -2.46. The highest BCUT2D eigenvalue weighted by molar-refractivity contribution is 8.00. The molecule has 2 atom stereocenters. The summed E-state index contributed by atoms with van der Waals surface area (Å²) in [6.45, 7) is 10.5. The number of rotatable bonds is 6. The van der Waals surface area contributed by atoms with Gasteiger partial charge in [0.1, 0.15) is 0 Å². The van der Waals surface area contributed by atoms with Gasteiger partial charge in [0.05, 0.1) is 0 Å². The van der Waals surface area contributed by atoms with Crippen molar-refractivity contribution in [3.05, 3.63) is 0 Å². The third kappa shape index (κ3) is 5.99. The molecule has 2 unspecified atom stereocenters. The van der Waals surface area contributed by atoms with Gasteiger partial charge in [-0.1, -0.05) is 13.3 Å². The van der Waals surface area contributed by atoms with Crippen molar-refractivity contribution in [1.82, 2.24) is 15.5 Å². The van der Waals surface area contributed by atoms with Crippen LogP contribution < -0.4 is 10.6 Å². The maximum absolute atomic E-state index is 4.37. The second kappa shape index (κ2) is 9.02. The molecule has 0 radical (unpaired) electrons. The number of aliphatic imine (C=N–C) groups is 1. The van der Waals surface area contributed by atoms with E-state index in [0.29, 0.717) is 10.7 Å². The number of nitrogens with zero attached hydrogens (tertiary/aromatic N) is 2. The molecule has 0 saturated carbocycles. The molecule has 0 aromatic heterocycles. The van der Waals surface area contributed by atoms with Crippen LogP contribution >= 0.6 is 11.8 Å². The zero-order valence-electron chi connectivity index (χ0n) is 14.7. The third-order valence-electron chi connectivity index (χ3n) is 4.79. The van der Waals surface area contributed by atoms with E-state index in [1.165, 1.54) is 57.5 Å². The van der Waals surface area contributed by atoms with E-state index >= 15 is 0 Å². The minimum Gasteiger partial charge on any atom is -0.356 e. The van der Waals surface area contributed by atoms with E-state index in [9.17, 15) is 0 Å². The van der Waals surface area contributed by atoms with Crippen LogP contribution in [0, 0.1) is 5.92 Å². The molecule has 0 aromatic carbocycles. The van der Waals surface area contributed by atoms with Crippen LogP contribution in [0.25, 0.3) is 0 Å². The van der Waals surface area contributed by atoms with Crippen molar-refractivity contribution >= 4 is 17.7 Å². The SMILES string of the molecule is CN=C(NCC(C)CN1CCCCC1)NCC1(C)CCCS1. The number of thioether (sulfide) groups is 1. The zero-order valence-corrected chi connectivity index (χ0v) is 15.5. The average Bonchev–Trinajstić information content (AvgIpc) is 2.95. The summed E-state index contributed by atoms with van der Waals surface area (Å²) in [5.74, 6) is 2.92. The molecular weight excluding hydrogens is 292 g/mol. The Kier molecular flexibility index (Phi) is 7.35. The molecule has 0 amide bonds. The summed E-state index contributed by atoms with van der Waals surface area (Å²) in [4.78, 5) is 6.98. The van der Waals surface area contributed by atoms with Gasteiger partial charge in [0, 0.05) is 31.4 Å². The fourth-order valence-corrected chi connectivity index (χ4v) is 4.63. The standard InChI is InChI=1S/C17H34N4S/c1-15(13-21-9-5-4-6-10-21)12-19-16(18-3)20-14-17(2)8-7-11-22-17/h15H,4-14H2,1-3H3,(H2,18,19,20). The van der Waals surface area contributed by atoms with Gasteiger partial charge in [-0.2, -0.15) is 11.8 Å². The molecule has 2 aliphatic rings. The number of hydrogen-bond acceptors (Lipinski definition) is 3. The van der Waals surface area contributed by atoms with Crippen molar-refractivity contribution in [2.75, 3.05) is 45.5 Å². The van der Waals surface area contributed by atoms with Crippen LogP contribution in [-0.4, -0.2) is 61.1 Å². The summed E-state index contributed by atoms with van der Waals surface area (Å²) in [7, 11) is 1.87. The predicted octanol–water partition coefficient (Wildman–Crippen LogP) is 2.56. The molecule has 5 heteroatoms. The summed E-state index contributed by atoms with van der Waals surface area (Å²) in [6, 6.07) is 0. The monoisotopic (exact) mass is 326 g/mol. The van der Waals surface area contributed by atoms with Crippen molar-refractivity contribution in [3.63, 3.8) is 0 Å². The normalized spacial score (nSPS) is 28.6. The largest absolute Gasteiger partial charge is 0.356 e. The smallest absolute Gasteiger partial charge is 0.191 e. The predicted molar refractivity (Wildman–Crippen MR) is 98.9 cm³/mol. The topological polar surface area (TPSA) is 39.7 Å². The lowest BCUT2D eigenvalue weighted by Gasteiger charge is -2.29. The number of piperidine rings is 1. The molecule has 128 valence electrons. The molecule has 2 N–H and O–H groups in total. The fraction of sp³-hybridized carbons (Fsp3) is 0.941. The molecule has 0 spiro atoms. The Morgan fingerprint density at radius 3 is 2.64 bits per heavy atom. The van der Waals surface area contributed by atoms with E-state index in [2.05, 4.69) is 46.1 Å². The van der Waals surface area contributed by atoms with Gasteiger partial charge >= 0.3 is 0 Å². The molecule has 2 saturated heterocycles. The summed E-state index contributed by atoms with van der Waals surface area (Å²) in [5, 5.41) is 7.02. The van der Waals surface area contributed by atoms with Gasteiger partial charge in [0.15, 0.2) is 5.96 Å². The van der Waals surface area contributed by atoms with E-state index < -0.39 is 0 Å². The molecule has 2 heterocycles. The van der Waals surface area contributed by atoms with Crippen molar-refractivity contribution in [2.24, 2.45) is 10.9 Å². The fourth-order valence-electron chi connectivity index (χ4n) is 3.39. The maximum atomic E-state index is 4.37. The number of hydrogen-bond donors (Lipinski definition) is 2. The molecule has 0 aromatic rings. The molecule has 0 aliphatic carbocycles. The van der Waals surface area contributed by atoms with Gasteiger partial charge in [0.2, 0.25) is 0 Å². The molecule has 0 bridgehead atoms. The van der Waals surface area contributed by atoms with Gasteiger partial charge in [-0.3, -0.25) is 4.99 Å². The Bertz CT molecular complexity index is 347. The molecule has 4 nitrogen and oxygen atoms in total. The zero-order chi connectivity index (χ0) is 15.8. The van der Waals surface area contributed by atoms with Crippen molar-refractivity contribution in [1.29, 1.82) is 0 Å². The summed E-state index contributed by atoms with van der Waals surface area (Å²) >= 11 is 2.09. The highest BCUT2D eigenvalue weighted by Crippen LogP contribution is 2.36. The van der Waals surface area contributed by atoms with E-state index in [-0.39, 0.29) is 0 Å². The quantitative estimate of drug-likeness (QED) is 0.581. The van der Waals surface area contributed by atoms with E-state index in [4.69, 9.17) is 0 Å². The Morgan fingerprint density at radius 2 is 2.00 bits per heavy atom. The molecule has 22 heavy (non-hydrogen) atoms. The first-order chi connectivity index (χ1) is 10.6. The second-order valence-electron chi connectivity index (χ2n) is 7.18.